The van der Waals surface area contributed by atoms with Crippen molar-refractivity contribution in [3.05, 3.63) is 102 Å². The first-order chi connectivity index (χ1) is 13.0. The molecule has 1 aromatic heterocycles. The Morgan fingerprint density at radius 1 is 0.963 bits per heavy atom. The lowest BCUT2D eigenvalue weighted by atomic mass is 9.79. The fourth-order valence-corrected chi connectivity index (χ4v) is 3.95. The molecule has 1 unspecified atom stereocenters. The number of rotatable bonds is 7. The number of ether oxygens (including phenoxy) is 1. The molecule has 2 nitrogen and oxygen atoms in total. The number of aromatic nitrogens is 1. The molecule has 0 radical (unpaired) electrons. The van der Waals surface area contributed by atoms with E-state index in [2.05, 4.69) is 37.5 Å². The maximum absolute atomic E-state index is 13.6. The van der Waals surface area contributed by atoms with Crippen molar-refractivity contribution < 1.29 is 9.13 Å². The third-order valence-electron chi connectivity index (χ3n) is 4.39. The fraction of sp³-hybridized carbons (Fsp3) is 0.174. The lowest BCUT2D eigenvalue weighted by Gasteiger charge is -2.35. The van der Waals surface area contributed by atoms with Crippen molar-refractivity contribution in [3.63, 3.8) is 0 Å². The molecule has 0 spiro atoms. The predicted octanol–water partition coefficient (Wildman–Crippen LogP) is 6.25. The van der Waals surface area contributed by atoms with Crippen molar-refractivity contribution in [1.82, 2.24) is 4.98 Å². The average Bonchev–Trinajstić information content (AvgIpc) is 2.67. The van der Waals surface area contributed by atoms with Gasteiger partial charge in [-0.3, -0.25) is 0 Å². The highest BCUT2D eigenvalue weighted by Crippen LogP contribution is 2.39. The molecular weight excluding hydrogens is 357 g/mol. The average molecular weight is 380 g/mol. The van der Waals surface area contributed by atoms with Gasteiger partial charge in [0.25, 0.3) is 0 Å². The highest BCUT2D eigenvalue weighted by molar-refractivity contribution is 8.03. The summed E-state index contributed by atoms with van der Waals surface area (Å²) in [7, 11) is 0. The van der Waals surface area contributed by atoms with Crippen LogP contribution in [0.1, 0.15) is 19.4 Å². The molecule has 1 heterocycles. The topological polar surface area (TPSA) is 22.1 Å². The van der Waals surface area contributed by atoms with Crippen molar-refractivity contribution in [1.29, 1.82) is 0 Å². The Kier molecular flexibility index (Phi) is 5.97. The summed E-state index contributed by atoms with van der Waals surface area (Å²) in [6.45, 7) is 8.48. The van der Waals surface area contributed by atoms with E-state index in [9.17, 15) is 4.39 Å². The Labute approximate surface area is 164 Å². The maximum atomic E-state index is 13.6. The normalized spacial score (nSPS) is 12.4. The third kappa shape index (κ3) is 4.77. The molecule has 0 saturated carbocycles. The molecule has 0 fully saturated rings. The summed E-state index contributed by atoms with van der Waals surface area (Å²) in [4.78, 5) is 5.78. The summed E-state index contributed by atoms with van der Waals surface area (Å²) in [6.07, 6.45) is -0.403. The van der Waals surface area contributed by atoms with E-state index in [0.29, 0.717) is 0 Å². The summed E-state index contributed by atoms with van der Waals surface area (Å²) >= 11 is 1.56. The fourth-order valence-electron chi connectivity index (χ4n) is 2.90. The smallest absolute Gasteiger partial charge is 0.216 e. The number of pyridine rings is 1. The van der Waals surface area contributed by atoms with E-state index in [1.165, 1.54) is 6.07 Å². The number of nitrogens with zero attached hydrogens (tertiary/aromatic N) is 1. The van der Waals surface area contributed by atoms with Gasteiger partial charge in [0.2, 0.25) is 11.8 Å². The zero-order valence-corrected chi connectivity index (χ0v) is 16.2. The molecule has 4 heteroatoms. The van der Waals surface area contributed by atoms with Crippen molar-refractivity contribution >= 4 is 11.8 Å². The minimum absolute atomic E-state index is 0.249. The Morgan fingerprint density at radius 3 is 2.22 bits per heavy atom. The lowest BCUT2D eigenvalue weighted by molar-refractivity contribution is 0.158. The molecule has 0 aliphatic heterocycles. The predicted molar refractivity (Wildman–Crippen MR) is 110 cm³/mol. The second-order valence-electron chi connectivity index (χ2n) is 6.77. The summed E-state index contributed by atoms with van der Waals surface area (Å²) < 4.78 is 19.7. The van der Waals surface area contributed by atoms with Crippen LogP contribution in [0.5, 0.6) is 5.88 Å². The van der Waals surface area contributed by atoms with Crippen LogP contribution in [0.15, 0.2) is 95.2 Å². The van der Waals surface area contributed by atoms with Crippen molar-refractivity contribution in [2.45, 2.75) is 30.3 Å². The van der Waals surface area contributed by atoms with E-state index >= 15 is 0 Å². The van der Waals surface area contributed by atoms with Gasteiger partial charge in [0.15, 0.2) is 0 Å². The van der Waals surface area contributed by atoms with Crippen LogP contribution in [0, 0.1) is 5.95 Å². The monoisotopic (exact) mass is 379 g/mol. The van der Waals surface area contributed by atoms with Crippen LogP contribution < -0.4 is 4.74 Å². The first-order valence-electron chi connectivity index (χ1n) is 8.73. The lowest BCUT2D eigenvalue weighted by Crippen LogP contribution is -2.39. The van der Waals surface area contributed by atoms with Gasteiger partial charge in [-0.05, 0) is 23.8 Å². The van der Waals surface area contributed by atoms with E-state index in [1.807, 2.05) is 48.5 Å². The Morgan fingerprint density at radius 2 is 1.59 bits per heavy atom. The standard InChI is InChI=1S/C23H22FNOS/c1-17(27-19-13-8-5-9-14-19)22(26-21-16-10-15-20(24)25-21)23(2,3)18-11-6-4-7-12-18/h4-16,22H,1H2,2-3H3. The van der Waals surface area contributed by atoms with E-state index in [1.54, 1.807) is 23.9 Å². The molecule has 27 heavy (non-hydrogen) atoms. The van der Waals surface area contributed by atoms with Crippen molar-refractivity contribution in [2.75, 3.05) is 0 Å². The van der Waals surface area contributed by atoms with Gasteiger partial charge in [0.1, 0.15) is 6.10 Å². The van der Waals surface area contributed by atoms with Gasteiger partial charge < -0.3 is 4.74 Å². The van der Waals surface area contributed by atoms with Crippen LogP contribution in [0.3, 0.4) is 0 Å². The molecule has 0 aliphatic carbocycles. The van der Waals surface area contributed by atoms with Gasteiger partial charge in [0.05, 0.1) is 0 Å². The third-order valence-corrected chi connectivity index (χ3v) is 5.37. The number of halogens is 1. The molecule has 0 bridgehead atoms. The highest BCUT2D eigenvalue weighted by Gasteiger charge is 2.36. The summed E-state index contributed by atoms with van der Waals surface area (Å²) in [5, 5.41) is 0. The van der Waals surface area contributed by atoms with Crippen LogP contribution in [0.4, 0.5) is 4.39 Å². The molecular formula is C23H22FNOS. The minimum atomic E-state index is -0.565. The quantitative estimate of drug-likeness (QED) is 0.358. The molecule has 1 atom stereocenters. The Bertz CT molecular complexity index is 897. The Hall–Kier alpha value is -2.59. The Balaban J connectivity index is 1.94. The molecule has 3 rings (SSSR count). The summed E-state index contributed by atoms with van der Waals surface area (Å²) in [6, 6.07) is 24.7. The molecule has 0 N–H and O–H groups in total. The molecule has 0 saturated heterocycles. The maximum Gasteiger partial charge on any atom is 0.216 e. The SMILES string of the molecule is C=C(Sc1ccccc1)C(Oc1cccc(F)n1)C(C)(C)c1ccccc1. The van der Waals surface area contributed by atoms with Gasteiger partial charge in [0, 0.05) is 21.3 Å². The zero-order chi connectivity index (χ0) is 19.3. The molecule has 2 aromatic carbocycles. The van der Waals surface area contributed by atoms with E-state index < -0.39 is 17.5 Å². The van der Waals surface area contributed by atoms with Crippen LogP contribution in [0.2, 0.25) is 0 Å². The van der Waals surface area contributed by atoms with E-state index in [-0.39, 0.29) is 5.88 Å². The van der Waals surface area contributed by atoms with Crippen molar-refractivity contribution in [2.24, 2.45) is 0 Å². The zero-order valence-electron chi connectivity index (χ0n) is 15.4. The number of hydrogen-bond donors (Lipinski definition) is 0. The van der Waals surface area contributed by atoms with Gasteiger partial charge in [-0.2, -0.15) is 9.37 Å². The largest absolute Gasteiger partial charge is 0.468 e. The van der Waals surface area contributed by atoms with E-state index in [0.717, 1.165) is 15.4 Å². The first-order valence-corrected chi connectivity index (χ1v) is 9.55. The van der Waals surface area contributed by atoms with Crippen LogP contribution in [-0.4, -0.2) is 11.1 Å². The van der Waals surface area contributed by atoms with Crippen molar-refractivity contribution in [3.8, 4) is 5.88 Å². The number of benzene rings is 2. The number of thioether (sulfide) groups is 1. The molecule has 138 valence electrons. The second-order valence-corrected chi connectivity index (χ2v) is 7.97. The van der Waals surface area contributed by atoms with Gasteiger partial charge in [-0.25, -0.2) is 0 Å². The van der Waals surface area contributed by atoms with Gasteiger partial charge in [-0.1, -0.05) is 86.8 Å². The second kappa shape index (κ2) is 8.40. The van der Waals surface area contributed by atoms with E-state index in [4.69, 9.17) is 4.74 Å². The van der Waals surface area contributed by atoms with Crippen LogP contribution >= 0.6 is 11.8 Å². The summed E-state index contributed by atoms with van der Waals surface area (Å²) in [5.41, 5.74) is 0.718. The van der Waals surface area contributed by atoms with Gasteiger partial charge in [-0.15, -0.1) is 0 Å². The summed E-state index contributed by atoms with van der Waals surface area (Å²) in [5.74, 6) is -0.316. The number of hydrogen-bond acceptors (Lipinski definition) is 3. The molecule has 0 aliphatic rings. The van der Waals surface area contributed by atoms with Crippen LogP contribution in [0.25, 0.3) is 0 Å². The van der Waals surface area contributed by atoms with Crippen LogP contribution in [-0.2, 0) is 5.41 Å². The molecule has 0 amide bonds. The first kappa shape index (κ1) is 19.2. The van der Waals surface area contributed by atoms with Gasteiger partial charge >= 0.3 is 0 Å². The minimum Gasteiger partial charge on any atom is -0.468 e. The highest BCUT2D eigenvalue weighted by atomic mass is 32.2. The molecule has 3 aromatic rings.